The molecule has 3 rings (SSSR count). The van der Waals surface area contributed by atoms with Gasteiger partial charge in [0.15, 0.2) is 4.83 Å². The number of fused-ring (bicyclic) bond motifs is 3. The minimum atomic E-state index is -0.431. The Bertz CT molecular complexity index is 796. The number of esters is 1. The van der Waals surface area contributed by atoms with Crippen LogP contribution in [0.3, 0.4) is 0 Å². The van der Waals surface area contributed by atoms with Gasteiger partial charge in [0.2, 0.25) is 0 Å². The van der Waals surface area contributed by atoms with Crippen molar-refractivity contribution in [3.05, 3.63) is 20.8 Å². The van der Waals surface area contributed by atoms with Crippen molar-refractivity contribution in [1.82, 2.24) is 15.0 Å². The van der Waals surface area contributed by atoms with E-state index in [9.17, 15) is 9.59 Å². The molecule has 0 saturated heterocycles. The van der Waals surface area contributed by atoms with Crippen molar-refractivity contribution in [3.63, 3.8) is 0 Å². The second-order valence-electron chi connectivity index (χ2n) is 6.51. The van der Waals surface area contributed by atoms with Crippen molar-refractivity contribution in [2.75, 3.05) is 6.61 Å². The maximum atomic E-state index is 12.7. The zero-order valence-electron chi connectivity index (χ0n) is 14.2. The number of carbonyl (C=O) groups is 1. The molecule has 0 bridgehead atoms. The highest BCUT2D eigenvalue weighted by Gasteiger charge is 2.24. The lowest BCUT2D eigenvalue weighted by molar-refractivity contribution is -0.144. The summed E-state index contributed by atoms with van der Waals surface area (Å²) < 4.78 is 6.29. The monoisotopic (exact) mass is 349 g/mol. The third kappa shape index (κ3) is 3.50. The Morgan fingerprint density at radius 1 is 1.42 bits per heavy atom. The van der Waals surface area contributed by atoms with E-state index in [-0.39, 0.29) is 12.1 Å². The highest BCUT2D eigenvalue weighted by molar-refractivity contribution is 7.18. The molecule has 24 heavy (non-hydrogen) atoms. The number of carbonyl (C=O) groups excluding carboxylic acids is 1. The molecule has 1 atom stereocenters. The van der Waals surface area contributed by atoms with Gasteiger partial charge in [-0.3, -0.25) is 9.59 Å². The molecule has 0 fully saturated rings. The molecule has 0 radical (unpaired) electrons. The summed E-state index contributed by atoms with van der Waals surface area (Å²) in [5.41, 5.74) is 0.885. The molecule has 6 nitrogen and oxygen atoms in total. The van der Waals surface area contributed by atoms with Gasteiger partial charge in [0.25, 0.3) is 5.56 Å². The van der Waals surface area contributed by atoms with E-state index in [0.717, 1.165) is 48.8 Å². The quantitative estimate of drug-likeness (QED) is 0.592. The van der Waals surface area contributed by atoms with E-state index in [1.54, 1.807) is 11.3 Å². The standard InChI is InChI=1S/C17H23N3O3S/c1-3-4-5-8-23-14(21)10-20-17(22)15-12-7-6-11(2)9-13(12)24-16(15)18-19-20/h11H,3-10H2,1-2H3/t11-/m0/s1. The first-order valence-electron chi connectivity index (χ1n) is 8.63. The van der Waals surface area contributed by atoms with E-state index in [0.29, 0.717) is 22.7 Å². The molecule has 0 amide bonds. The van der Waals surface area contributed by atoms with Crippen molar-refractivity contribution in [2.45, 2.75) is 58.9 Å². The fourth-order valence-corrected chi connectivity index (χ4v) is 4.42. The molecular formula is C17H23N3O3S. The Morgan fingerprint density at radius 2 is 2.25 bits per heavy atom. The molecule has 2 aromatic heterocycles. The average Bonchev–Trinajstić information content (AvgIpc) is 2.92. The lowest BCUT2D eigenvalue weighted by Crippen LogP contribution is -2.29. The van der Waals surface area contributed by atoms with Gasteiger partial charge >= 0.3 is 5.97 Å². The maximum absolute atomic E-state index is 12.7. The normalized spacial score (nSPS) is 17.0. The molecule has 0 aliphatic heterocycles. The van der Waals surface area contributed by atoms with Crippen LogP contribution in [-0.2, 0) is 28.9 Å². The van der Waals surface area contributed by atoms with Crippen LogP contribution >= 0.6 is 11.3 Å². The third-order valence-electron chi connectivity index (χ3n) is 4.47. The number of rotatable bonds is 6. The van der Waals surface area contributed by atoms with E-state index in [4.69, 9.17) is 4.74 Å². The zero-order valence-corrected chi connectivity index (χ0v) is 15.0. The number of ether oxygens (including phenoxy) is 1. The van der Waals surface area contributed by atoms with E-state index in [1.165, 1.54) is 4.88 Å². The second kappa shape index (κ2) is 7.42. The van der Waals surface area contributed by atoms with Crippen LogP contribution in [0.5, 0.6) is 0 Å². The molecule has 0 aromatic carbocycles. The highest BCUT2D eigenvalue weighted by Crippen LogP contribution is 2.35. The number of aryl methyl sites for hydroxylation is 1. The van der Waals surface area contributed by atoms with Crippen molar-refractivity contribution in [1.29, 1.82) is 0 Å². The largest absolute Gasteiger partial charge is 0.464 e. The van der Waals surface area contributed by atoms with E-state index in [1.807, 2.05) is 0 Å². The minimum absolute atomic E-state index is 0.172. The molecule has 2 heterocycles. The summed E-state index contributed by atoms with van der Waals surface area (Å²) in [6.45, 7) is 4.54. The lowest BCUT2D eigenvalue weighted by Gasteiger charge is -2.17. The molecule has 0 saturated carbocycles. The number of thiophene rings is 1. The van der Waals surface area contributed by atoms with Gasteiger partial charge in [0.05, 0.1) is 12.0 Å². The smallest absolute Gasteiger partial charge is 0.327 e. The summed E-state index contributed by atoms with van der Waals surface area (Å²) in [6.07, 6.45) is 5.92. The number of aromatic nitrogens is 3. The van der Waals surface area contributed by atoms with Crippen LogP contribution in [0.1, 0.15) is 50.0 Å². The van der Waals surface area contributed by atoms with Gasteiger partial charge in [-0.15, -0.1) is 16.4 Å². The van der Waals surface area contributed by atoms with Gasteiger partial charge in [-0.2, -0.15) is 4.68 Å². The molecule has 2 aromatic rings. The summed E-state index contributed by atoms with van der Waals surface area (Å²) in [4.78, 5) is 26.5. The summed E-state index contributed by atoms with van der Waals surface area (Å²) in [6, 6.07) is 0. The van der Waals surface area contributed by atoms with Gasteiger partial charge < -0.3 is 4.74 Å². The zero-order chi connectivity index (χ0) is 17.1. The van der Waals surface area contributed by atoms with E-state index < -0.39 is 5.97 Å². The first-order chi connectivity index (χ1) is 11.6. The topological polar surface area (TPSA) is 74.1 Å². The summed E-state index contributed by atoms with van der Waals surface area (Å²) in [7, 11) is 0. The van der Waals surface area contributed by atoms with Crippen LogP contribution in [0.15, 0.2) is 4.79 Å². The number of nitrogens with zero attached hydrogens (tertiary/aromatic N) is 3. The Labute approximate surface area is 144 Å². The van der Waals surface area contributed by atoms with Crippen LogP contribution in [0, 0.1) is 5.92 Å². The van der Waals surface area contributed by atoms with Crippen LogP contribution in [0.25, 0.3) is 10.2 Å². The number of hydrogen-bond acceptors (Lipinski definition) is 6. The van der Waals surface area contributed by atoms with Crippen molar-refractivity contribution >= 4 is 27.5 Å². The van der Waals surface area contributed by atoms with Crippen LogP contribution in [0.2, 0.25) is 0 Å². The molecule has 0 N–H and O–H groups in total. The van der Waals surface area contributed by atoms with Crippen LogP contribution < -0.4 is 5.56 Å². The first kappa shape index (κ1) is 17.1. The van der Waals surface area contributed by atoms with Gasteiger partial charge in [0.1, 0.15) is 6.54 Å². The predicted octanol–water partition coefficient (Wildman–Crippen LogP) is 2.71. The van der Waals surface area contributed by atoms with Gasteiger partial charge in [-0.05, 0) is 37.2 Å². The summed E-state index contributed by atoms with van der Waals surface area (Å²) in [5, 5.41) is 8.72. The predicted molar refractivity (Wildman–Crippen MR) is 93.3 cm³/mol. The minimum Gasteiger partial charge on any atom is -0.464 e. The first-order valence-corrected chi connectivity index (χ1v) is 9.45. The van der Waals surface area contributed by atoms with Gasteiger partial charge in [-0.1, -0.05) is 31.9 Å². The third-order valence-corrected chi connectivity index (χ3v) is 5.61. The Hall–Kier alpha value is -1.76. The summed E-state index contributed by atoms with van der Waals surface area (Å²) >= 11 is 1.56. The molecule has 7 heteroatoms. The van der Waals surface area contributed by atoms with Crippen molar-refractivity contribution in [2.24, 2.45) is 5.92 Å². The summed E-state index contributed by atoms with van der Waals surface area (Å²) in [5.74, 6) is 0.207. The average molecular weight is 349 g/mol. The maximum Gasteiger partial charge on any atom is 0.327 e. The van der Waals surface area contributed by atoms with E-state index in [2.05, 4.69) is 24.2 Å². The highest BCUT2D eigenvalue weighted by atomic mass is 32.1. The Balaban J connectivity index is 1.79. The Kier molecular flexibility index (Phi) is 5.28. The Morgan fingerprint density at radius 3 is 3.04 bits per heavy atom. The molecular weight excluding hydrogens is 326 g/mol. The number of hydrogen-bond donors (Lipinski definition) is 0. The SMILES string of the molecule is CCCCCOC(=O)Cn1nnc2sc3c(c2c1=O)CC[C@H](C)C3. The van der Waals surface area contributed by atoms with Gasteiger partial charge in [0, 0.05) is 4.88 Å². The molecule has 0 unspecified atom stereocenters. The second-order valence-corrected chi connectivity index (χ2v) is 7.60. The molecule has 130 valence electrons. The lowest BCUT2D eigenvalue weighted by atomic mass is 9.89. The van der Waals surface area contributed by atoms with Crippen LogP contribution in [0.4, 0.5) is 0 Å². The molecule has 1 aliphatic carbocycles. The fourth-order valence-electron chi connectivity index (χ4n) is 3.10. The van der Waals surface area contributed by atoms with Crippen molar-refractivity contribution in [3.8, 4) is 0 Å². The van der Waals surface area contributed by atoms with E-state index >= 15 is 0 Å². The number of unbranched alkanes of at least 4 members (excludes halogenated alkanes) is 2. The molecule has 0 spiro atoms. The van der Waals surface area contributed by atoms with Crippen LogP contribution in [-0.4, -0.2) is 27.6 Å². The molecule has 1 aliphatic rings. The van der Waals surface area contributed by atoms with Crippen molar-refractivity contribution < 1.29 is 9.53 Å². The fraction of sp³-hybridized carbons (Fsp3) is 0.647. The van der Waals surface area contributed by atoms with Gasteiger partial charge in [-0.25, -0.2) is 0 Å².